The molecule has 0 bridgehead atoms. The lowest BCUT2D eigenvalue weighted by Gasteiger charge is -2.19. The van der Waals surface area contributed by atoms with E-state index in [2.05, 4.69) is 46.3 Å². The quantitative estimate of drug-likeness (QED) is 0.850. The molecule has 0 amide bonds. The van der Waals surface area contributed by atoms with Crippen LogP contribution in [0.3, 0.4) is 0 Å². The molecule has 2 rings (SSSR count). The van der Waals surface area contributed by atoms with Gasteiger partial charge in [0.05, 0.1) is 17.4 Å². The largest absolute Gasteiger partial charge is 0.309 e. The fourth-order valence-corrected chi connectivity index (χ4v) is 2.96. The summed E-state index contributed by atoms with van der Waals surface area (Å²) in [7, 11) is 0. The normalized spacial score (nSPS) is 12.6. The minimum absolute atomic E-state index is 0.0555. The fourth-order valence-electron chi connectivity index (χ4n) is 2.55. The Morgan fingerprint density at radius 1 is 1.33 bits per heavy atom. The second kappa shape index (κ2) is 7.18. The average Bonchev–Trinajstić information content (AvgIpc) is 2.83. The highest BCUT2D eigenvalue weighted by Gasteiger charge is 2.18. The predicted octanol–water partition coefficient (Wildman–Crippen LogP) is 4.01. The number of hydrogen-bond acceptors (Lipinski definition) is 2. The number of halogens is 2. The first-order chi connectivity index (χ1) is 10.0. The summed E-state index contributed by atoms with van der Waals surface area (Å²) in [4.78, 5) is 0. The van der Waals surface area contributed by atoms with Crippen LogP contribution in [0.15, 0.2) is 28.7 Å². The molecule has 21 heavy (non-hydrogen) atoms. The molecule has 3 nitrogen and oxygen atoms in total. The van der Waals surface area contributed by atoms with E-state index >= 15 is 0 Å². The Morgan fingerprint density at radius 2 is 2.10 bits per heavy atom. The Hall–Kier alpha value is -1.20. The number of benzene rings is 1. The van der Waals surface area contributed by atoms with E-state index < -0.39 is 0 Å². The van der Waals surface area contributed by atoms with Gasteiger partial charge in [0.25, 0.3) is 0 Å². The highest BCUT2D eigenvalue weighted by molar-refractivity contribution is 9.10. The van der Waals surface area contributed by atoms with Crippen LogP contribution in [-0.4, -0.2) is 16.3 Å². The number of hydrogen-bond donors (Lipinski definition) is 1. The zero-order valence-electron chi connectivity index (χ0n) is 12.7. The zero-order chi connectivity index (χ0) is 15.4. The molecule has 2 aromatic rings. The van der Waals surface area contributed by atoms with E-state index in [9.17, 15) is 4.39 Å². The maximum atomic E-state index is 14.0. The Labute approximate surface area is 133 Å². The molecule has 0 spiro atoms. The third-order valence-corrected chi connectivity index (χ3v) is 3.97. The van der Waals surface area contributed by atoms with Gasteiger partial charge in [-0.1, -0.05) is 22.9 Å². The van der Waals surface area contributed by atoms with E-state index in [1.807, 2.05) is 17.7 Å². The van der Waals surface area contributed by atoms with Crippen molar-refractivity contribution in [3.05, 3.63) is 51.5 Å². The van der Waals surface area contributed by atoms with Crippen LogP contribution in [-0.2, 0) is 13.0 Å². The summed E-state index contributed by atoms with van der Waals surface area (Å²) in [6.45, 7) is 7.75. The van der Waals surface area contributed by atoms with Crippen molar-refractivity contribution in [1.29, 1.82) is 0 Å². The number of nitrogens with one attached hydrogen (secondary N) is 1. The fraction of sp³-hybridized carbons (Fsp3) is 0.438. The van der Waals surface area contributed by atoms with Crippen molar-refractivity contribution < 1.29 is 4.39 Å². The summed E-state index contributed by atoms with van der Waals surface area (Å²) >= 11 is 3.41. The molecule has 1 N–H and O–H groups in total. The molecule has 0 aliphatic carbocycles. The molecule has 114 valence electrons. The first kappa shape index (κ1) is 16.2. The van der Waals surface area contributed by atoms with Gasteiger partial charge >= 0.3 is 0 Å². The van der Waals surface area contributed by atoms with Gasteiger partial charge in [0, 0.05) is 11.0 Å². The van der Waals surface area contributed by atoms with Gasteiger partial charge in [-0.3, -0.25) is 4.68 Å². The molecule has 0 radical (unpaired) electrons. The van der Waals surface area contributed by atoms with Gasteiger partial charge in [-0.05, 0) is 56.6 Å². The number of likely N-dealkylation sites (N-methyl/N-ethyl adjacent to an activating group) is 1. The summed E-state index contributed by atoms with van der Waals surface area (Å²) in [5.41, 5.74) is 2.80. The lowest BCUT2D eigenvalue weighted by molar-refractivity contribution is 0.480. The molecule has 0 saturated heterocycles. The Morgan fingerprint density at radius 3 is 2.76 bits per heavy atom. The molecule has 0 aliphatic rings. The van der Waals surface area contributed by atoms with Crippen LogP contribution < -0.4 is 5.32 Å². The molecule has 0 saturated carbocycles. The topological polar surface area (TPSA) is 29.9 Å². The maximum Gasteiger partial charge on any atom is 0.126 e. The number of rotatable bonds is 6. The van der Waals surface area contributed by atoms with E-state index in [4.69, 9.17) is 0 Å². The van der Waals surface area contributed by atoms with E-state index in [1.165, 1.54) is 6.07 Å². The van der Waals surface area contributed by atoms with Crippen LogP contribution >= 0.6 is 15.9 Å². The van der Waals surface area contributed by atoms with Gasteiger partial charge in [0.1, 0.15) is 5.82 Å². The van der Waals surface area contributed by atoms with E-state index in [1.54, 1.807) is 6.07 Å². The summed E-state index contributed by atoms with van der Waals surface area (Å²) < 4.78 is 16.9. The van der Waals surface area contributed by atoms with Crippen LogP contribution in [0.2, 0.25) is 0 Å². The molecule has 1 heterocycles. The van der Waals surface area contributed by atoms with E-state index in [0.717, 1.165) is 29.0 Å². The van der Waals surface area contributed by atoms with Crippen LogP contribution in [0.1, 0.15) is 36.8 Å². The van der Waals surface area contributed by atoms with Gasteiger partial charge in [-0.15, -0.1) is 0 Å². The molecule has 1 aromatic carbocycles. The second-order valence-corrected chi connectivity index (χ2v) is 5.99. The van der Waals surface area contributed by atoms with Gasteiger partial charge in [-0.2, -0.15) is 5.10 Å². The smallest absolute Gasteiger partial charge is 0.126 e. The van der Waals surface area contributed by atoms with Crippen molar-refractivity contribution in [1.82, 2.24) is 15.1 Å². The number of aryl methyl sites for hydroxylation is 2. The molecule has 1 unspecified atom stereocenters. The Kier molecular flexibility index (Phi) is 5.53. The zero-order valence-corrected chi connectivity index (χ0v) is 14.2. The van der Waals surface area contributed by atoms with Gasteiger partial charge in [-0.25, -0.2) is 4.39 Å². The van der Waals surface area contributed by atoms with Gasteiger partial charge in [0.2, 0.25) is 0 Å². The summed E-state index contributed by atoms with van der Waals surface area (Å²) in [6, 6.07) is 7.21. The monoisotopic (exact) mass is 353 g/mol. The molecule has 5 heteroatoms. The van der Waals surface area contributed by atoms with E-state index in [-0.39, 0.29) is 11.9 Å². The minimum Gasteiger partial charge on any atom is -0.309 e. The maximum absolute atomic E-state index is 14.0. The number of aromatic nitrogens is 2. The Balaban J connectivity index is 2.32. The van der Waals surface area contributed by atoms with Gasteiger partial charge in [0.15, 0.2) is 0 Å². The standard InChI is InChI=1S/C16H21BrFN3/c1-4-19-15(16-8-11(3)20-21(16)5-2)10-12-9-13(17)6-7-14(12)18/h6-9,15,19H,4-5,10H2,1-3H3. The Bertz CT molecular complexity index is 610. The second-order valence-electron chi connectivity index (χ2n) is 5.08. The first-order valence-corrected chi connectivity index (χ1v) is 8.06. The third kappa shape index (κ3) is 3.92. The van der Waals surface area contributed by atoms with Crippen molar-refractivity contribution in [2.24, 2.45) is 0 Å². The highest BCUT2D eigenvalue weighted by atomic mass is 79.9. The van der Waals surface area contributed by atoms with Crippen LogP contribution in [0.4, 0.5) is 4.39 Å². The molecule has 0 aliphatic heterocycles. The summed E-state index contributed by atoms with van der Waals surface area (Å²) in [6.07, 6.45) is 0.601. The molecular formula is C16H21BrFN3. The van der Waals surface area contributed by atoms with Crippen molar-refractivity contribution in [2.45, 2.75) is 39.8 Å². The SMILES string of the molecule is CCNC(Cc1cc(Br)ccc1F)c1cc(C)nn1CC. The van der Waals surface area contributed by atoms with Crippen molar-refractivity contribution in [2.75, 3.05) is 6.54 Å². The molecule has 0 fully saturated rings. The van der Waals surface area contributed by atoms with Gasteiger partial charge < -0.3 is 5.32 Å². The van der Waals surface area contributed by atoms with Crippen LogP contribution in [0.25, 0.3) is 0 Å². The van der Waals surface area contributed by atoms with Crippen LogP contribution in [0.5, 0.6) is 0 Å². The van der Waals surface area contributed by atoms with E-state index in [0.29, 0.717) is 12.0 Å². The minimum atomic E-state index is -0.166. The average molecular weight is 354 g/mol. The predicted molar refractivity (Wildman–Crippen MR) is 86.9 cm³/mol. The first-order valence-electron chi connectivity index (χ1n) is 7.26. The van der Waals surface area contributed by atoms with Crippen molar-refractivity contribution >= 4 is 15.9 Å². The molecule has 1 atom stereocenters. The molecule has 1 aromatic heterocycles. The molecular weight excluding hydrogens is 333 g/mol. The summed E-state index contributed by atoms with van der Waals surface area (Å²) in [5.74, 6) is -0.166. The lowest BCUT2D eigenvalue weighted by atomic mass is 10.0. The van der Waals surface area contributed by atoms with Crippen molar-refractivity contribution in [3.63, 3.8) is 0 Å². The van der Waals surface area contributed by atoms with Crippen molar-refractivity contribution in [3.8, 4) is 0 Å². The number of nitrogens with zero attached hydrogens (tertiary/aromatic N) is 2. The summed E-state index contributed by atoms with van der Waals surface area (Å²) in [5, 5.41) is 7.93. The highest BCUT2D eigenvalue weighted by Crippen LogP contribution is 2.23. The lowest BCUT2D eigenvalue weighted by Crippen LogP contribution is -2.26. The van der Waals surface area contributed by atoms with Crippen LogP contribution in [0, 0.1) is 12.7 Å². The third-order valence-electron chi connectivity index (χ3n) is 3.47.